The lowest BCUT2D eigenvalue weighted by Gasteiger charge is -2.20. The molecular weight excluding hydrogens is 412 g/mol. The van der Waals surface area contributed by atoms with Gasteiger partial charge in [-0.15, -0.1) is 0 Å². The first-order chi connectivity index (χ1) is 14.7. The minimum absolute atomic E-state index is 0.0430. The average molecular weight is 439 g/mol. The van der Waals surface area contributed by atoms with Gasteiger partial charge < -0.3 is 10.1 Å². The number of benzene rings is 3. The summed E-state index contributed by atoms with van der Waals surface area (Å²) in [5, 5.41) is 2.92. The van der Waals surface area contributed by atoms with Gasteiger partial charge in [-0.3, -0.25) is 9.10 Å². The molecule has 0 saturated carbocycles. The molecule has 0 heterocycles. The summed E-state index contributed by atoms with van der Waals surface area (Å²) in [6.45, 7) is 3.89. The average Bonchev–Trinajstić information content (AvgIpc) is 2.79. The summed E-state index contributed by atoms with van der Waals surface area (Å²) in [5.74, 6) is 0.299. The summed E-state index contributed by atoms with van der Waals surface area (Å²) < 4.78 is 32.5. The first-order valence-electron chi connectivity index (χ1n) is 9.83. The van der Waals surface area contributed by atoms with E-state index in [-0.39, 0.29) is 22.4 Å². The number of nitrogens with one attached hydrogen (secondary N) is 1. The van der Waals surface area contributed by atoms with E-state index in [1.54, 1.807) is 43.5 Å². The maximum atomic E-state index is 13.1. The molecule has 1 atom stereocenters. The van der Waals surface area contributed by atoms with Crippen molar-refractivity contribution in [3.8, 4) is 5.75 Å². The molecule has 0 fully saturated rings. The molecule has 3 rings (SSSR count). The first kappa shape index (κ1) is 22.4. The van der Waals surface area contributed by atoms with Crippen molar-refractivity contribution in [3.63, 3.8) is 0 Å². The molecular formula is C24H26N2O4S. The van der Waals surface area contributed by atoms with Crippen LogP contribution in [0, 0.1) is 6.92 Å². The fourth-order valence-electron chi connectivity index (χ4n) is 3.11. The molecule has 1 N–H and O–H groups in total. The summed E-state index contributed by atoms with van der Waals surface area (Å²) in [6.07, 6.45) is 0. The van der Waals surface area contributed by atoms with E-state index in [1.165, 1.54) is 23.5 Å². The smallest absolute Gasteiger partial charge is 0.264 e. The maximum absolute atomic E-state index is 13.1. The van der Waals surface area contributed by atoms with Gasteiger partial charge in [0.25, 0.3) is 15.9 Å². The van der Waals surface area contributed by atoms with Crippen LogP contribution in [0.1, 0.15) is 34.5 Å². The van der Waals surface area contributed by atoms with Crippen LogP contribution in [0.2, 0.25) is 0 Å². The number of methoxy groups -OCH3 is 1. The number of anilines is 1. The van der Waals surface area contributed by atoms with Crippen molar-refractivity contribution in [2.75, 3.05) is 18.5 Å². The normalized spacial score (nSPS) is 12.1. The van der Waals surface area contributed by atoms with Gasteiger partial charge in [0.1, 0.15) is 5.75 Å². The van der Waals surface area contributed by atoms with E-state index < -0.39 is 10.0 Å². The van der Waals surface area contributed by atoms with E-state index >= 15 is 0 Å². The van der Waals surface area contributed by atoms with Gasteiger partial charge in [0.15, 0.2) is 0 Å². The van der Waals surface area contributed by atoms with Crippen LogP contribution >= 0.6 is 0 Å². The maximum Gasteiger partial charge on any atom is 0.264 e. The third kappa shape index (κ3) is 5.06. The lowest BCUT2D eigenvalue weighted by molar-refractivity contribution is 0.0939. The van der Waals surface area contributed by atoms with E-state index in [2.05, 4.69) is 5.32 Å². The van der Waals surface area contributed by atoms with Crippen molar-refractivity contribution in [1.29, 1.82) is 0 Å². The SMILES string of the molecule is COc1ccc(N(C)S(=O)(=O)c2cccc(C(=O)NC(C)c3ccc(C)cc3)c2)cc1. The van der Waals surface area contributed by atoms with E-state index in [1.807, 2.05) is 38.1 Å². The Morgan fingerprint density at radius 3 is 2.26 bits per heavy atom. The van der Waals surface area contributed by atoms with Gasteiger partial charge >= 0.3 is 0 Å². The molecule has 3 aromatic rings. The molecule has 162 valence electrons. The van der Waals surface area contributed by atoms with Gasteiger partial charge in [0.2, 0.25) is 0 Å². The van der Waals surface area contributed by atoms with Gasteiger partial charge in [0, 0.05) is 12.6 Å². The molecule has 0 aliphatic carbocycles. The number of hydrogen-bond donors (Lipinski definition) is 1. The fourth-order valence-corrected chi connectivity index (χ4v) is 4.35. The summed E-state index contributed by atoms with van der Waals surface area (Å²) >= 11 is 0. The second kappa shape index (κ2) is 9.22. The molecule has 31 heavy (non-hydrogen) atoms. The van der Waals surface area contributed by atoms with Gasteiger partial charge in [-0.05, 0) is 61.9 Å². The second-order valence-corrected chi connectivity index (χ2v) is 9.27. The number of hydrogen-bond acceptors (Lipinski definition) is 4. The van der Waals surface area contributed by atoms with Crippen molar-refractivity contribution in [2.24, 2.45) is 0 Å². The first-order valence-corrected chi connectivity index (χ1v) is 11.3. The molecule has 0 aliphatic rings. The Hall–Kier alpha value is -3.32. The summed E-state index contributed by atoms with van der Waals surface area (Å²) in [6, 6.07) is 20.4. The zero-order chi connectivity index (χ0) is 22.6. The standard InChI is InChI=1S/C24H26N2O4S/c1-17-8-10-19(11-9-17)18(2)25-24(27)20-6-5-7-23(16-20)31(28,29)26(3)21-12-14-22(30-4)15-13-21/h5-16,18H,1-4H3,(H,25,27). The van der Waals surface area contributed by atoms with E-state index in [4.69, 9.17) is 4.74 Å². The van der Waals surface area contributed by atoms with Crippen molar-refractivity contribution >= 4 is 21.6 Å². The second-order valence-electron chi connectivity index (χ2n) is 7.30. The number of rotatable bonds is 7. The quantitative estimate of drug-likeness (QED) is 0.596. The van der Waals surface area contributed by atoms with Crippen molar-refractivity contribution in [2.45, 2.75) is 24.8 Å². The zero-order valence-electron chi connectivity index (χ0n) is 18.0. The number of aryl methyl sites for hydroxylation is 1. The predicted molar refractivity (Wildman–Crippen MR) is 122 cm³/mol. The fraction of sp³-hybridized carbons (Fsp3) is 0.208. The largest absolute Gasteiger partial charge is 0.497 e. The number of carbonyl (C=O) groups excluding carboxylic acids is 1. The summed E-state index contributed by atoms with van der Waals surface area (Å²) in [4.78, 5) is 12.8. The van der Waals surface area contributed by atoms with E-state index in [0.29, 0.717) is 11.4 Å². The van der Waals surface area contributed by atoms with Crippen LogP contribution in [-0.2, 0) is 10.0 Å². The molecule has 0 bridgehead atoms. The molecule has 0 spiro atoms. The Balaban J connectivity index is 1.80. The lowest BCUT2D eigenvalue weighted by Crippen LogP contribution is -2.28. The van der Waals surface area contributed by atoms with Crippen molar-refractivity contribution < 1.29 is 17.9 Å². The summed E-state index contributed by atoms with van der Waals surface area (Å²) in [7, 11) is -0.818. The van der Waals surface area contributed by atoms with Crippen LogP contribution in [0.25, 0.3) is 0 Å². The van der Waals surface area contributed by atoms with Crippen LogP contribution in [0.5, 0.6) is 5.75 Å². The topological polar surface area (TPSA) is 75.7 Å². The zero-order valence-corrected chi connectivity index (χ0v) is 18.8. The Morgan fingerprint density at radius 2 is 1.65 bits per heavy atom. The minimum Gasteiger partial charge on any atom is -0.497 e. The molecule has 0 aromatic heterocycles. The molecule has 3 aromatic carbocycles. The minimum atomic E-state index is -3.84. The Kier molecular flexibility index (Phi) is 6.65. The number of nitrogens with zero attached hydrogens (tertiary/aromatic N) is 1. The highest BCUT2D eigenvalue weighted by Gasteiger charge is 2.23. The van der Waals surface area contributed by atoms with Crippen LogP contribution in [0.15, 0.2) is 77.7 Å². The van der Waals surface area contributed by atoms with Gasteiger partial charge in [-0.1, -0.05) is 35.9 Å². The Labute approximate surface area is 183 Å². The Morgan fingerprint density at radius 1 is 1.00 bits per heavy atom. The number of ether oxygens (including phenoxy) is 1. The number of carbonyl (C=O) groups is 1. The van der Waals surface area contributed by atoms with Crippen LogP contribution in [-0.4, -0.2) is 28.5 Å². The number of sulfonamides is 1. The van der Waals surface area contributed by atoms with Gasteiger partial charge in [0.05, 0.1) is 23.7 Å². The molecule has 1 unspecified atom stereocenters. The lowest BCUT2D eigenvalue weighted by atomic mass is 10.1. The van der Waals surface area contributed by atoms with Crippen molar-refractivity contribution in [1.82, 2.24) is 5.32 Å². The predicted octanol–water partition coefficient (Wildman–Crippen LogP) is 4.32. The van der Waals surface area contributed by atoms with Crippen LogP contribution < -0.4 is 14.4 Å². The number of amides is 1. The molecule has 6 nitrogen and oxygen atoms in total. The molecule has 0 saturated heterocycles. The highest BCUT2D eigenvalue weighted by Crippen LogP contribution is 2.25. The van der Waals surface area contributed by atoms with E-state index in [9.17, 15) is 13.2 Å². The summed E-state index contributed by atoms with van der Waals surface area (Å²) in [5.41, 5.74) is 2.88. The molecule has 7 heteroatoms. The monoisotopic (exact) mass is 438 g/mol. The van der Waals surface area contributed by atoms with Crippen molar-refractivity contribution in [3.05, 3.63) is 89.5 Å². The van der Waals surface area contributed by atoms with Crippen LogP contribution in [0.3, 0.4) is 0 Å². The van der Waals surface area contributed by atoms with Gasteiger partial charge in [-0.2, -0.15) is 0 Å². The van der Waals surface area contributed by atoms with Crippen LogP contribution in [0.4, 0.5) is 5.69 Å². The Bertz CT molecular complexity index is 1160. The van der Waals surface area contributed by atoms with Gasteiger partial charge in [-0.25, -0.2) is 8.42 Å². The third-order valence-corrected chi connectivity index (χ3v) is 6.90. The van der Waals surface area contributed by atoms with E-state index in [0.717, 1.165) is 11.1 Å². The third-order valence-electron chi connectivity index (χ3n) is 5.12. The molecule has 0 aliphatic heterocycles. The molecule has 1 amide bonds. The highest BCUT2D eigenvalue weighted by molar-refractivity contribution is 7.92. The molecule has 0 radical (unpaired) electrons. The highest BCUT2D eigenvalue weighted by atomic mass is 32.2.